The van der Waals surface area contributed by atoms with Crippen LogP contribution < -0.4 is 11.1 Å². The van der Waals surface area contributed by atoms with Crippen LogP contribution in [0.25, 0.3) is 0 Å². The van der Waals surface area contributed by atoms with Crippen LogP contribution in [0.2, 0.25) is 0 Å². The number of nitrogens with two attached hydrogens (primary N) is 1. The average molecular weight is 179 g/mol. The predicted octanol–water partition coefficient (Wildman–Crippen LogP) is -0.301. The molecule has 1 heterocycles. The Labute approximate surface area is 77.2 Å². The summed E-state index contributed by atoms with van der Waals surface area (Å²) in [6.45, 7) is 1.07. The summed E-state index contributed by atoms with van der Waals surface area (Å²) in [7, 11) is 0. The molecule has 13 heavy (non-hydrogen) atoms. The first-order valence-corrected chi connectivity index (χ1v) is 4.14. The van der Waals surface area contributed by atoms with Gasteiger partial charge in [0.2, 0.25) is 0 Å². The summed E-state index contributed by atoms with van der Waals surface area (Å²) >= 11 is 0. The second kappa shape index (κ2) is 5.40. The second-order valence-electron chi connectivity index (χ2n) is 2.71. The minimum Gasteiger partial charge on any atom is -0.324 e. The number of pyridine rings is 1. The number of aromatic nitrogens is 1. The molecule has 0 saturated carbocycles. The Morgan fingerprint density at radius 2 is 2.46 bits per heavy atom. The Morgan fingerprint density at radius 3 is 3.08 bits per heavy atom. The van der Waals surface area contributed by atoms with Crippen molar-refractivity contribution in [1.29, 1.82) is 0 Å². The van der Waals surface area contributed by atoms with E-state index in [0.717, 1.165) is 5.56 Å². The molecule has 0 fully saturated rings. The smallest absolute Gasteiger partial charge is 0.160 e. The van der Waals surface area contributed by atoms with E-state index >= 15 is 0 Å². The number of nitrogens with one attached hydrogen (secondary N) is 1. The average Bonchev–Trinajstić information content (AvgIpc) is 2.19. The third kappa shape index (κ3) is 3.78. The minimum absolute atomic E-state index is 0.0175. The van der Waals surface area contributed by atoms with Crippen LogP contribution in [0.5, 0.6) is 0 Å². The van der Waals surface area contributed by atoms with E-state index in [-0.39, 0.29) is 12.3 Å². The number of hydrogen-bond acceptors (Lipinski definition) is 4. The van der Waals surface area contributed by atoms with Gasteiger partial charge in [0.15, 0.2) is 5.78 Å². The Bertz CT molecular complexity index is 261. The molecule has 3 N–H and O–H groups in total. The first-order chi connectivity index (χ1) is 6.33. The van der Waals surface area contributed by atoms with Gasteiger partial charge < -0.3 is 11.1 Å². The number of hydrogen-bond donors (Lipinski definition) is 2. The standard InChI is InChI=1S/C9H13N3O/c10-4-9(13)7-12-6-8-2-1-3-11-5-8/h1-3,5,12H,4,6-7,10H2. The molecule has 0 aliphatic heterocycles. The highest BCUT2D eigenvalue weighted by atomic mass is 16.1. The summed E-state index contributed by atoms with van der Waals surface area (Å²) in [4.78, 5) is 14.8. The van der Waals surface area contributed by atoms with Crippen molar-refractivity contribution in [2.45, 2.75) is 6.54 Å². The van der Waals surface area contributed by atoms with E-state index in [1.54, 1.807) is 12.4 Å². The van der Waals surface area contributed by atoms with E-state index in [0.29, 0.717) is 13.1 Å². The van der Waals surface area contributed by atoms with Gasteiger partial charge in [-0.05, 0) is 11.6 Å². The lowest BCUT2D eigenvalue weighted by Gasteiger charge is -2.01. The van der Waals surface area contributed by atoms with Gasteiger partial charge in [-0.3, -0.25) is 9.78 Å². The summed E-state index contributed by atoms with van der Waals surface area (Å²) in [6, 6.07) is 3.81. The van der Waals surface area contributed by atoms with Gasteiger partial charge in [0.05, 0.1) is 13.1 Å². The number of Topliss-reactive ketones (excluding diaryl/α,β-unsaturated/α-hetero) is 1. The molecule has 4 heteroatoms. The summed E-state index contributed by atoms with van der Waals surface area (Å²) in [6.07, 6.45) is 3.48. The fourth-order valence-corrected chi connectivity index (χ4v) is 0.921. The number of carbonyl (C=O) groups is 1. The van der Waals surface area contributed by atoms with Gasteiger partial charge in [-0.15, -0.1) is 0 Å². The normalized spacial score (nSPS) is 9.92. The second-order valence-corrected chi connectivity index (χ2v) is 2.71. The maximum atomic E-state index is 10.8. The molecule has 0 aliphatic rings. The van der Waals surface area contributed by atoms with Gasteiger partial charge in [-0.1, -0.05) is 6.07 Å². The quantitative estimate of drug-likeness (QED) is 0.651. The van der Waals surface area contributed by atoms with E-state index in [1.165, 1.54) is 0 Å². The van der Waals surface area contributed by atoms with E-state index < -0.39 is 0 Å². The molecule has 0 radical (unpaired) electrons. The summed E-state index contributed by atoms with van der Waals surface area (Å²) < 4.78 is 0. The molecule has 0 aliphatic carbocycles. The summed E-state index contributed by atoms with van der Waals surface area (Å²) in [5.41, 5.74) is 6.21. The van der Waals surface area contributed by atoms with Gasteiger partial charge >= 0.3 is 0 Å². The first-order valence-electron chi connectivity index (χ1n) is 4.14. The lowest BCUT2D eigenvalue weighted by atomic mass is 10.3. The van der Waals surface area contributed by atoms with E-state index in [1.807, 2.05) is 12.1 Å². The van der Waals surface area contributed by atoms with Crippen molar-refractivity contribution in [3.8, 4) is 0 Å². The van der Waals surface area contributed by atoms with E-state index in [4.69, 9.17) is 5.73 Å². The third-order valence-corrected chi connectivity index (χ3v) is 1.60. The van der Waals surface area contributed by atoms with Gasteiger partial charge in [0.25, 0.3) is 0 Å². The molecule has 0 atom stereocenters. The van der Waals surface area contributed by atoms with Crippen LogP contribution in [0.3, 0.4) is 0 Å². The molecular weight excluding hydrogens is 166 g/mol. The number of nitrogens with zero attached hydrogens (tertiary/aromatic N) is 1. The highest BCUT2D eigenvalue weighted by Crippen LogP contribution is 1.93. The predicted molar refractivity (Wildman–Crippen MR) is 50.0 cm³/mol. The lowest BCUT2D eigenvalue weighted by Crippen LogP contribution is -2.27. The molecule has 0 bridgehead atoms. The topological polar surface area (TPSA) is 68.0 Å². The molecule has 0 aromatic carbocycles. The van der Waals surface area contributed by atoms with Crippen LogP contribution in [0.4, 0.5) is 0 Å². The van der Waals surface area contributed by atoms with Crippen LogP contribution >= 0.6 is 0 Å². The Hall–Kier alpha value is -1.26. The SMILES string of the molecule is NCC(=O)CNCc1cccnc1. The van der Waals surface area contributed by atoms with Crippen molar-refractivity contribution >= 4 is 5.78 Å². The van der Waals surface area contributed by atoms with Gasteiger partial charge in [-0.25, -0.2) is 0 Å². The minimum atomic E-state index is 0.0175. The van der Waals surface area contributed by atoms with Crippen LogP contribution in [0.15, 0.2) is 24.5 Å². The molecule has 1 aromatic heterocycles. The number of ketones is 1. The Balaban J connectivity index is 2.24. The highest BCUT2D eigenvalue weighted by molar-refractivity contribution is 5.82. The van der Waals surface area contributed by atoms with E-state index in [9.17, 15) is 4.79 Å². The molecular formula is C9H13N3O. The van der Waals surface area contributed by atoms with Gasteiger partial charge in [0.1, 0.15) is 0 Å². The monoisotopic (exact) mass is 179 g/mol. The highest BCUT2D eigenvalue weighted by Gasteiger charge is 1.96. The molecule has 1 rings (SSSR count). The van der Waals surface area contributed by atoms with Crippen molar-refractivity contribution in [1.82, 2.24) is 10.3 Å². The van der Waals surface area contributed by atoms with Crippen LogP contribution in [-0.4, -0.2) is 23.9 Å². The molecule has 0 spiro atoms. The lowest BCUT2D eigenvalue weighted by molar-refractivity contribution is -0.116. The molecule has 70 valence electrons. The Kier molecular flexibility index (Phi) is 4.08. The molecule has 4 nitrogen and oxygen atoms in total. The van der Waals surface area contributed by atoms with Crippen LogP contribution in [0, 0.1) is 0 Å². The summed E-state index contributed by atoms with van der Waals surface area (Å²) in [5, 5.41) is 2.98. The number of carbonyl (C=O) groups excluding carboxylic acids is 1. The van der Waals surface area contributed by atoms with Crippen molar-refractivity contribution in [2.24, 2.45) is 5.73 Å². The fourth-order valence-electron chi connectivity index (χ4n) is 0.921. The van der Waals surface area contributed by atoms with Crippen molar-refractivity contribution in [3.05, 3.63) is 30.1 Å². The number of rotatable bonds is 5. The zero-order chi connectivity index (χ0) is 9.52. The molecule has 0 saturated heterocycles. The van der Waals surface area contributed by atoms with Crippen LogP contribution in [0.1, 0.15) is 5.56 Å². The fraction of sp³-hybridized carbons (Fsp3) is 0.333. The largest absolute Gasteiger partial charge is 0.324 e. The van der Waals surface area contributed by atoms with Crippen molar-refractivity contribution in [3.63, 3.8) is 0 Å². The van der Waals surface area contributed by atoms with Crippen molar-refractivity contribution in [2.75, 3.05) is 13.1 Å². The zero-order valence-electron chi connectivity index (χ0n) is 7.36. The maximum absolute atomic E-state index is 10.8. The zero-order valence-corrected chi connectivity index (χ0v) is 7.36. The van der Waals surface area contributed by atoms with Gasteiger partial charge in [-0.2, -0.15) is 0 Å². The van der Waals surface area contributed by atoms with Gasteiger partial charge in [0, 0.05) is 18.9 Å². The third-order valence-electron chi connectivity index (χ3n) is 1.60. The molecule has 0 unspecified atom stereocenters. The molecule has 0 amide bonds. The first kappa shape index (κ1) is 9.83. The summed E-state index contributed by atoms with van der Waals surface area (Å²) in [5.74, 6) is 0.0175. The van der Waals surface area contributed by atoms with E-state index in [2.05, 4.69) is 10.3 Å². The van der Waals surface area contributed by atoms with Crippen LogP contribution in [-0.2, 0) is 11.3 Å². The Morgan fingerprint density at radius 1 is 1.62 bits per heavy atom. The maximum Gasteiger partial charge on any atom is 0.160 e. The van der Waals surface area contributed by atoms with Crippen molar-refractivity contribution < 1.29 is 4.79 Å². The molecule has 1 aromatic rings.